The highest BCUT2D eigenvalue weighted by molar-refractivity contribution is 5.70. The van der Waals surface area contributed by atoms with Gasteiger partial charge in [-0.3, -0.25) is 4.90 Å². The van der Waals surface area contributed by atoms with Crippen LogP contribution in [0.3, 0.4) is 0 Å². The van der Waals surface area contributed by atoms with Crippen molar-refractivity contribution >= 4 is 6.09 Å². The molecule has 0 spiro atoms. The molecular formula is C21H29F3N2O4. The molecular weight excluding hydrogens is 401 g/mol. The standard InChI is InChI=1S/C21H29F3N2O4/c1-12(10-21(3)11-29-20(28)25-21)19(27)26-6-4-14(5-7-26)13(2)30-18-9-16(23)15(22)8-17(18)24/h8-9,12-14,19,27H,4-7,10-11H2,1-3H3,(H,25,28)/t12-,13?,19?,21+/m1/s1. The van der Waals surface area contributed by atoms with E-state index in [2.05, 4.69) is 5.32 Å². The Morgan fingerprint density at radius 3 is 2.47 bits per heavy atom. The Morgan fingerprint density at radius 1 is 1.23 bits per heavy atom. The fourth-order valence-electron chi connectivity index (χ4n) is 4.37. The number of aliphatic hydroxyl groups is 1. The van der Waals surface area contributed by atoms with E-state index in [1.54, 1.807) is 6.92 Å². The summed E-state index contributed by atoms with van der Waals surface area (Å²) in [6, 6.07) is 1.21. The van der Waals surface area contributed by atoms with Crippen molar-refractivity contribution in [2.24, 2.45) is 11.8 Å². The van der Waals surface area contributed by atoms with Crippen LogP contribution in [0.15, 0.2) is 12.1 Å². The second kappa shape index (κ2) is 9.01. The first-order valence-corrected chi connectivity index (χ1v) is 10.3. The van der Waals surface area contributed by atoms with E-state index in [4.69, 9.17) is 9.47 Å². The number of rotatable bonds is 7. The van der Waals surface area contributed by atoms with E-state index in [9.17, 15) is 23.1 Å². The van der Waals surface area contributed by atoms with Gasteiger partial charge < -0.3 is 19.9 Å². The molecule has 1 aromatic rings. The highest BCUT2D eigenvalue weighted by Crippen LogP contribution is 2.30. The summed E-state index contributed by atoms with van der Waals surface area (Å²) in [5.74, 6) is -3.62. The number of nitrogens with one attached hydrogen (secondary N) is 1. The summed E-state index contributed by atoms with van der Waals surface area (Å²) in [5, 5.41) is 13.5. The van der Waals surface area contributed by atoms with Gasteiger partial charge in [0.2, 0.25) is 0 Å². The van der Waals surface area contributed by atoms with Gasteiger partial charge in [-0.25, -0.2) is 18.0 Å². The zero-order valence-electron chi connectivity index (χ0n) is 17.5. The molecule has 0 aromatic heterocycles. The van der Waals surface area contributed by atoms with Gasteiger partial charge in [-0.15, -0.1) is 0 Å². The Kier molecular flexibility index (Phi) is 6.81. The first-order valence-electron chi connectivity index (χ1n) is 10.3. The quantitative estimate of drug-likeness (QED) is 0.649. The van der Waals surface area contributed by atoms with Gasteiger partial charge in [0.1, 0.15) is 12.8 Å². The molecule has 2 heterocycles. The van der Waals surface area contributed by atoms with E-state index in [-0.39, 0.29) is 30.3 Å². The van der Waals surface area contributed by atoms with Gasteiger partial charge >= 0.3 is 6.09 Å². The maximum atomic E-state index is 13.8. The van der Waals surface area contributed by atoms with Crippen molar-refractivity contribution < 1.29 is 32.5 Å². The lowest BCUT2D eigenvalue weighted by atomic mass is 9.87. The maximum absolute atomic E-state index is 13.8. The number of piperidine rings is 1. The number of hydrogen-bond donors (Lipinski definition) is 2. The molecule has 0 bridgehead atoms. The number of carbonyl (C=O) groups is 1. The molecule has 4 atom stereocenters. The number of amides is 1. The molecule has 2 fully saturated rings. The Morgan fingerprint density at radius 2 is 1.87 bits per heavy atom. The van der Waals surface area contributed by atoms with Crippen LogP contribution in [0, 0.1) is 29.3 Å². The van der Waals surface area contributed by atoms with Crippen molar-refractivity contribution in [3.05, 3.63) is 29.6 Å². The largest absolute Gasteiger partial charge is 0.487 e. The van der Waals surface area contributed by atoms with Crippen LogP contribution in [0.2, 0.25) is 0 Å². The van der Waals surface area contributed by atoms with E-state index in [0.29, 0.717) is 38.4 Å². The summed E-state index contributed by atoms with van der Waals surface area (Å²) < 4.78 is 50.8. The molecule has 0 aliphatic carbocycles. The zero-order valence-corrected chi connectivity index (χ0v) is 17.5. The van der Waals surface area contributed by atoms with E-state index >= 15 is 0 Å². The minimum atomic E-state index is -1.25. The summed E-state index contributed by atoms with van der Waals surface area (Å²) in [7, 11) is 0. The number of carbonyl (C=O) groups excluding carboxylic acids is 1. The van der Waals surface area contributed by atoms with Gasteiger partial charge in [0.15, 0.2) is 23.2 Å². The summed E-state index contributed by atoms with van der Waals surface area (Å²) >= 11 is 0. The molecule has 30 heavy (non-hydrogen) atoms. The topological polar surface area (TPSA) is 71.0 Å². The molecule has 0 saturated carbocycles. The van der Waals surface area contributed by atoms with Crippen LogP contribution in [0.4, 0.5) is 18.0 Å². The lowest BCUT2D eigenvalue weighted by Gasteiger charge is -2.40. The molecule has 6 nitrogen and oxygen atoms in total. The van der Waals surface area contributed by atoms with Crippen LogP contribution in [0.1, 0.15) is 40.0 Å². The number of cyclic esters (lactones) is 1. The average molecular weight is 430 g/mol. The van der Waals surface area contributed by atoms with E-state index in [0.717, 1.165) is 6.07 Å². The highest BCUT2D eigenvalue weighted by Gasteiger charge is 2.39. The van der Waals surface area contributed by atoms with Gasteiger partial charge in [0, 0.05) is 25.2 Å². The second-order valence-corrected chi connectivity index (χ2v) is 8.75. The Bertz CT molecular complexity index is 773. The molecule has 2 unspecified atom stereocenters. The molecule has 9 heteroatoms. The summed E-state index contributed by atoms with van der Waals surface area (Å²) in [4.78, 5) is 13.3. The number of aliphatic hydroxyl groups excluding tert-OH is 1. The Balaban J connectivity index is 1.50. The lowest BCUT2D eigenvalue weighted by Crippen LogP contribution is -2.49. The molecule has 2 aliphatic heterocycles. The van der Waals surface area contributed by atoms with Crippen molar-refractivity contribution in [3.63, 3.8) is 0 Å². The predicted octanol–water partition coefficient (Wildman–Crippen LogP) is 3.43. The maximum Gasteiger partial charge on any atom is 0.407 e. The molecule has 1 amide bonds. The first kappa shape index (κ1) is 22.7. The molecule has 1 aromatic carbocycles. The first-order chi connectivity index (χ1) is 14.1. The number of likely N-dealkylation sites (tertiary alicyclic amines) is 1. The molecule has 3 rings (SSSR count). The summed E-state index contributed by atoms with van der Waals surface area (Å²) in [6.07, 6.45) is 0.521. The van der Waals surface area contributed by atoms with Crippen LogP contribution in [-0.4, -0.2) is 53.7 Å². The minimum absolute atomic E-state index is 0.0847. The second-order valence-electron chi connectivity index (χ2n) is 8.75. The van der Waals surface area contributed by atoms with Crippen molar-refractivity contribution in [2.45, 2.75) is 57.9 Å². The summed E-state index contributed by atoms with van der Waals surface area (Å²) in [5.41, 5.74) is -0.493. The minimum Gasteiger partial charge on any atom is -0.487 e. The number of halogens is 3. The average Bonchev–Trinajstić information content (AvgIpc) is 3.03. The smallest absolute Gasteiger partial charge is 0.407 e. The molecule has 168 valence electrons. The third-order valence-corrected chi connectivity index (χ3v) is 6.11. The predicted molar refractivity (Wildman–Crippen MR) is 103 cm³/mol. The van der Waals surface area contributed by atoms with Crippen LogP contribution >= 0.6 is 0 Å². The van der Waals surface area contributed by atoms with E-state index in [1.807, 2.05) is 18.7 Å². The van der Waals surface area contributed by atoms with Crippen LogP contribution in [-0.2, 0) is 4.74 Å². The number of ether oxygens (including phenoxy) is 2. The summed E-state index contributed by atoms with van der Waals surface area (Å²) in [6.45, 7) is 7.14. The third kappa shape index (κ3) is 5.18. The number of nitrogens with zero attached hydrogens (tertiary/aromatic N) is 1. The van der Waals surface area contributed by atoms with Crippen molar-refractivity contribution in [1.82, 2.24) is 10.2 Å². The van der Waals surface area contributed by atoms with Gasteiger partial charge in [0.25, 0.3) is 0 Å². The molecule has 0 radical (unpaired) electrons. The Hall–Kier alpha value is -2.00. The normalized spacial score (nSPS) is 26.0. The van der Waals surface area contributed by atoms with Gasteiger partial charge in [0.05, 0.1) is 11.6 Å². The monoisotopic (exact) mass is 430 g/mol. The zero-order chi connectivity index (χ0) is 22.1. The number of alkyl carbamates (subject to hydrolysis) is 1. The van der Waals surface area contributed by atoms with Crippen LogP contribution < -0.4 is 10.1 Å². The molecule has 2 N–H and O–H groups in total. The fraction of sp³-hybridized carbons (Fsp3) is 0.667. The van der Waals surface area contributed by atoms with Crippen molar-refractivity contribution in [1.29, 1.82) is 0 Å². The Labute approximate surface area is 174 Å². The molecule has 2 aliphatic rings. The van der Waals surface area contributed by atoms with E-state index < -0.39 is 35.3 Å². The third-order valence-electron chi connectivity index (χ3n) is 6.11. The fourth-order valence-corrected chi connectivity index (χ4v) is 4.37. The molecule has 2 saturated heterocycles. The van der Waals surface area contributed by atoms with Crippen LogP contribution in [0.5, 0.6) is 5.75 Å². The SMILES string of the molecule is CC(Oc1cc(F)c(F)cc1F)C1CCN(C(O)[C@H](C)C[C@@]2(C)COC(=O)N2)CC1. The number of benzene rings is 1. The highest BCUT2D eigenvalue weighted by atomic mass is 19.2. The van der Waals surface area contributed by atoms with Crippen molar-refractivity contribution in [2.75, 3.05) is 19.7 Å². The van der Waals surface area contributed by atoms with E-state index in [1.165, 1.54) is 0 Å². The number of hydrogen-bond acceptors (Lipinski definition) is 5. The van der Waals surface area contributed by atoms with Gasteiger partial charge in [-0.2, -0.15) is 0 Å². The van der Waals surface area contributed by atoms with Crippen LogP contribution in [0.25, 0.3) is 0 Å². The van der Waals surface area contributed by atoms with Gasteiger partial charge in [-0.05, 0) is 44.9 Å². The van der Waals surface area contributed by atoms with Gasteiger partial charge in [-0.1, -0.05) is 6.92 Å². The lowest BCUT2D eigenvalue weighted by molar-refractivity contribution is -0.0648. The van der Waals surface area contributed by atoms with Crippen molar-refractivity contribution in [3.8, 4) is 5.75 Å².